The minimum atomic E-state index is -0.745. The van der Waals surface area contributed by atoms with Crippen LogP contribution in [0.5, 0.6) is 0 Å². The third-order valence-electron chi connectivity index (χ3n) is 0.302. The summed E-state index contributed by atoms with van der Waals surface area (Å²) in [5, 5.41) is 22.9. The van der Waals surface area contributed by atoms with Crippen LogP contribution in [0.15, 0.2) is 0 Å². The number of carbonyl (C=O) groups is 1. The lowest BCUT2D eigenvalue weighted by molar-refractivity contribution is -0.136. The molecule has 0 aromatic heterocycles. The molecule has 4 nitrogen and oxygen atoms in total. The first-order valence-corrected chi connectivity index (χ1v) is 3.54. The van der Waals surface area contributed by atoms with Gasteiger partial charge < -0.3 is 15.3 Å². The molecule has 4 heteroatoms. The van der Waals surface area contributed by atoms with E-state index < -0.39 is 5.97 Å². The maximum atomic E-state index is 9.37. The van der Waals surface area contributed by atoms with Gasteiger partial charge in [-0.2, -0.15) is 0 Å². The normalized spacial score (nSPS) is 6.64. The van der Waals surface area contributed by atoms with Gasteiger partial charge in [0.15, 0.2) is 0 Å². The van der Waals surface area contributed by atoms with E-state index in [0.29, 0.717) is 0 Å². The van der Waals surface area contributed by atoms with Crippen LogP contribution < -0.4 is 0 Å². The predicted molar refractivity (Wildman–Crippen MR) is 43.4 cm³/mol. The van der Waals surface area contributed by atoms with Crippen LogP contribution in [0.25, 0.3) is 0 Å². The van der Waals surface area contributed by atoms with Gasteiger partial charge in [-0.05, 0) is 13.8 Å². The van der Waals surface area contributed by atoms with E-state index in [9.17, 15) is 4.79 Å². The number of aliphatic hydroxyl groups is 2. The summed E-state index contributed by atoms with van der Waals surface area (Å²) in [4.78, 5) is 9.37. The number of hydrogen-bond donors (Lipinski definition) is 3. The van der Waals surface area contributed by atoms with E-state index in [1.54, 1.807) is 20.8 Å². The summed E-state index contributed by atoms with van der Waals surface area (Å²) in [5.41, 5.74) is 0. The average molecular weight is 166 g/mol. The van der Waals surface area contributed by atoms with Crippen LogP contribution in [0.3, 0.4) is 0 Å². The molecule has 3 N–H and O–H groups in total. The second-order valence-corrected chi connectivity index (χ2v) is 1.38. The summed E-state index contributed by atoms with van der Waals surface area (Å²) in [5.74, 6) is -0.745. The van der Waals surface area contributed by atoms with Crippen molar-refractivity contribution in [1.82, 2.24) is 0 Å². The van der Waals surface area contributed by atoms with Crippen LogP contribution in [0.1, 0.15) is 27.2 Å². The molecule has 0 unspecified atom stereocenters. The first kappa shape index (κ1) is 16.8. The van der Waals surface area contributed by atoms with Crippen molar-refractivity contribution in [1.29, 1.82) is 0 Å². The summed E-state index contributed by atoms with van der Waals surface area (Å²) in [6, 6.07) is 0. The zero-order chi connectivity index (χ0) is 9.70. The second-order valence-electron chi connectivity index (χ2n) is 1.38. The molecule has 0 amide bonds. The molecule has 0 aliphatic heterocycles. The monoisotopic (exact) mass is 166 g/mol. The largest absolute Gasteiger partial charge is 0.481 e. The van der Waals surface area contributed by atoms with E-state index in [4.69, 9.17) is 15.3 Å². The molecule has 0 radical (unpaired) electrons. The molecule has 0 aromatic rings. The second kappa shape index (κ2) is 22.8. The molecular weight excluding hydrogens is 148 g/mol. The van der Waals surface area contributed by atoms with Crippen LogP contribution in [0.4, 0.5) is 0 Å². The van der Waals surface area contributed by atoms with Gasteiger partial charge in [-0.15, -0.1) is 0 Å². The number of aliphatic carboxylic acids is 1. The fourth-order valence-electron chi connectivity index (χ4n) is 0. The molecule has 11 heavy (non-hydrogen) atoms. The van der Waals surface area contributed by atoms with Gasteiger partial charge in [0.05, 0.1) is 0 Å². The van der Waals surface area contributed by atoms with E-state index >= 15 is 0 Å². The highest BCUT2D eigenvalue weighted by Gasteiger charge is 1.80. The lowest BCUT2D eigenvalue weighted by Crippen LogP contribution is -1.86. The lowest BCUT2D eigenvalue weighted by atomic mass is 10.5. The molecule has 0 aliphatic carbocycles. The number of rotatable bonds is 1. The van der Waals surface area contributed by atoms with Crippen LogP contribution in [0.2, 0.25) is 0 Å². The van der Waals surface area contributed by atoms with Crippen molar-refractivity contribution in [2.45, 2.75) is 27.2 Å². The summed E-state index contributed by atoms with van der Waals surface area (Å²) < 4.78 is 0. The van der Waals surface area contributed by atoms with Crippen molar-refractivity contribution in [2.75, 3.05) is 13.2 Å². The summed E-state index contributed by atoms with van der Waals surface area (Å²) in [6.45, 7) is 5.46. The molecule has 70 valence electrons. The summed E-state index contributed by atoms with van der Waals surface area (Å²) >= 11 is 0. The van der Waals surface area contributed by atoms with E-state index in [1.807, 2.05) is 0 Å². The van der Waals surface area contributed by atoms with Gasteiger partial charge in [0.2, 0.25) is 0 Å². The Labute approximate surface area is 67.5 Å². The van der Waals surface area contributed by atoms with Crippen molar-refractivity contribution >= 4 is 5.97 Å². The van der Waals surface area contributed by atoms with Gasteiger partial charge in [0, 0.05) is 19.6 Å². The van der Waals surface area contributed by atoms with E-state index in [0.717, 1.165) is 0 Å². The maximum Gasteiger partial charge on any atom is 0.303 e. The fourth-order valence-corrected chi connectivity index (χ4v) is 0. The van der Waals surface area contributed by atoms with E-state index in [-0.39, 0.29) is 19.6 Å². The maximum absolute atomic E-state index is 9.37. The van der Waals surface area contributed by atoms with Crippen LogP contribution >= 0.6 is 0 Å². The van der Waals surface area contributed by atoms with Crippen molar-refractivity contribution in [3.05, 3.63) is 0 Å². The molecule has 0 bridgehead atoms. The highest BCUT2D eigenvalue weighted by atomic mass is 16.4. The van der Waals surface area contributed by atoms with Crippen molar-refractivity contribution < 1.29 is 20.1 Å². The van der Waals surface area contributed by atoms with Crippen molar-refractivity contribution in [3.8, 4) is 0 Å². The summed E-state index contributed by atoms with van der Waals surface area (Å²) in [6.07, 6.45) is 0.222. The van der Waals surface area contributed by atoms with E-state index in [2.05, 4.69) is 0 Å². The Morgan fingerprint density at radius 2 is 1.18 bits per heavy atom. The van der Waals surface area contributed by atoms with Gasteiger partial charge >= 0.3 is 5.97 Å². The molecule has 0 aliphatic rings. The molecule has 0 aromatic carbocycles. The highest BCUT2D eigenvalue weighted by Crippen LogP contribution is 1.67. The molecule has 0 heterocycles. The molecule has 0 spiro atoms. The number of carboxylic acids is 1. The predicted octanol–water partition coefficient (Wildman–Crippen LogP) is 0.478. The molecule has 0 fully saturated rings. The molecule has 0 atom stereocenters. The highest BCUT2D eigenvalue weighted by molar-refractivity contribution is 5.66. The first-order valence-electron chi connectivity index (χ1n) is 3.54. The molecular formula is C7H18O4. The van der Waals surface area contributed by atoms with Crippen LogP contribution in [0, 0.1) is 0 Å². The lowest BCUT2D eigenvalue weighted by Gasteiger charge is -1.71. The molecule has 0 saturated carbocycles. The number of carboxylic acid groups (broad SMARTS) is 1. The smallest absolute Gasteiger partial charge is 0.303 e. The minimum Gasteiger partial charge on any atom is -0.481 e. The Morgan fingerprint density at radius 1 is 1.09 bits per heavy atom. The first-order chi connectivity index (χ1) is 5.10. The van der Waals surface area contributed by atoms with Crippen LogP contribution in [-0.4, -0.2) is 34.5 Å². The average Bonchev–Trinajstić information content (AvgIpc) is 1.91. The fraction of sp³-hybridized carbons (Fsp3) is 0.857. The Kier molecular flexibility index (Phi) is 34.7. The standard InChI is InChI=1S/C3H6O2.2C2H6O/c1-2-3(4)5;2*1-2-3/h2H2,1H3,(H,4,5);2*3H,2H2,1H3. The Balaban J connectivity index is -0.0000000933. The van der Waals surface area contributed by atoms with Gasteiger partial charge in [0.25, 0.3) is 0 Å². The number of hydrogen-bond acceptors (Lipinski definition) is 3. The molecule has 0 rings (SSSR count). The minimum absolute atomic E-state index is 0.222. The Morgan fingerprint density at radius 3 is 1.18 bits per heavy atom. The third-order valence-corrected chi connectivity index (χ3v) is 0.302. The van der Waals surface area contributed by atoms with E-state index in [1.165, 1.54) is 0 Å². The Bertz CT molecular complexity index is 61.5. The van der Waals surface area contributed by atoms with Gasteiger partial charge in [-0.3, -0.25) is 4.79 Å². The summed E-state index contributed by atoms with van der Waals surface area (Å²) in [7, 11) is 0. The topological polar surface area (TPSA) is 77.8 Å². The molecule has 0 saturated heterocycles. The quantitative estimate of drug-likeness (QED) is 0.529. The zero-order valence-electron chi connectivity index (χ0n) is 7.37. The zero-order valence-corrected chi connectivity index (χ0v) is 7.37. The van der Waals surface area contributed by atoms with Gasteiger partial charge in [-0.1, -0.05) is 6.92 Å². The van der Waals surface area contributed by atoms with Crippen molar-refractivity contribution in [2.24, 2.45) is 0 Å². The van der Waals surface area contributed by atoms with Crippen molar-refractivity contribution in [3.63, 3.8) is 0 Å². The van der Waals surface area contributed by atoms with Gasteiger partial charge in [-0.25, -0.2) is 0 Å². The third kappa shape index (κ3) is 265. The Hall–Kier alpha value is -0.610. The van der Waals surface area contributed by atoms with Gasteiger partial charge in [0.1, 0.15) is 0 Å². The SMILES string of the molecule is CCC(=O)O.CCO.CCO. The van der Waals surface area contributed by atoms with Crippen LogP contribution in [-0.2, 0) is 4.79 Å². The number of aliphatic hydroxyl groups excluding tert-OH is 2.